The zero-order valence-corrected chi connectivity index (χ0v) is 11.8. The highest BCUT2D eigenvalue weighted by Crippen LogP contribution is 2.06. The molecule has 1 unspecified atom stereocenters. The van der Waals surface area contributed by atoms with Gasteiger partial charge >= 0.3 is 11.9 Å². The zero-order valence-electron chi connectivity index (χ0n) is 11.8. The Labute approximate surface area is 115 Å². The highest BCUT2D eigenvalue weighted by Gasteiger charge is 2.04. The van der Waals surface area contributed by atoms with Crippen LogP contribution in [0.1, 0.15) is 64.7 Å². The highest BCUT2D eigenvalue weighted by atomic mass is 16.5. The molecule has 0 rings (SSSR count). The van der Waals surface area contributed by atoms with Crippen LogP contribution in [0.5, 0.6) is 0 Å². The number of aliphatic hydroxyl groups excluding tert-OH is 1. The van der Waals surface area contributed by atoms with Gasteiger partial charge in [-0.1, -0.05) is 19.3 Å². The lowest BCUT2D eigenvalue weighted by molar-refractivity contribution is -0.144. The number of aliphatic hydroxyl groups is 1. The largest absolute Gasteiger partial charge is 0.481 e. The Hall–Kier alpha value is -1.10. The van der Waals surface area contributed by atoms with E-state index < -0.39 is 5.97 Å². The Kier molecular flexibility index (Phi) is 11.3. The number of esters is 1. The van der Waals surface area contributed by atoms with E-state index in [1.165, 1.54) is 0 Å². The van der Waals surface area contributed by atoms with E-state index in [4.69, 9.17) is 14.9 Å². The fourth-order valence-electron chi connectivity index (χ4n) is 1.70. The Balaban J connectivity index is 3.22. The topological polar surface area (TPSA) is 83.8 Å². The molecule has 2 N–H and O–H groups in total. The quantitative estimate of drug-likeness (QED) is 0.422. The molecule has 0 saturated carbocycles. The molecule has 0 amide bonds. The molecule has 19 heavy (non-hydrogen) atoms. The van der Waals surface area contributed by atoms with Crippen molar-refractivity contribution in [1.82, 2.24) is 0 Å². The molecular weight excluding hydrogens is 248 g/mol. The summed E-state index contributed by atoms with van der Waals surface area (Å²) in [6, 6.07) is 0. The van der Waals surface area contributed by atoms with Crippen LogP contribution in [0, 0.1) is 0 Å². The van der Waals surface area contributed by atoms with Crippen LogP contribution in [0.15, 0.2) is 0 Å². The van der Waals surface area contributed by atoms with Crippen LogP contribution in [0.25, 0.3) is 0 Å². The summed E-state index contributed by atoms with van der Waals surface area (Å²) in [4.78, 5) is 21.5. The maximum absolute atomic E-state index is 11.3. The van der Waals surface area contributed by atoms with Gasteiger partial charge in [-0.05, 0) is 32.6 Å². The van der Waals surface area contributed by atoms with E-state index in [0.29, 0.717) is 25.9 Å². The maximum Gasteiger partial charge on any atom is 0.305 e. The van der Waals surface area contributed by atoms with Gasteiger partial charge in [0.2, 0.25) is 0 Å². The fraction of sp³-hybridized carbons (Fsp3) is 0.857. The lowest BCUT2D eigenvalue weighted by Gasteiger charge is -2.05. The van der Waals surface area contributed by atoms with Gasteiger partial charge in [-0.3, -0.25) is 9.59 Å². The van der Waals surface area contributed by atoms with Crippen molar-refractivity contribution in [2.45, 2.75) is 70.8 Å². The minimum absolute atomic E-state index is 0.108. The predicted octanol–water partition coefficient (Wildman–Crippen LogP) is 2.51. The number of hydrogen-bond donors (Lipinski definition) is 2. The number of carboxylic acid groups (broad SMARTS) is 1. The summed E-state index contributed by atoms with van der Waals surface area (Å²) in [5, 5.41) is 17.5. The van der Waals surface area contributed by atoms with Crippen molar-refractivity contribution in [2.75, 3.05) is 6.61 Å². The standard InChI is InChI=1S/C14H26O5/c1-12(15)8-4-2-3-7-11-19-14(18)10-6-5-9-13(16)17/h12,15H,2-11H2,1H3,(H,16,17). The molecule has 0 aliphatic heterocycles. The fourth-order valence-corrected chi connectivity index (χ4v) is 1.70. The molecule has 0 aromatic carbocycles. The van der Waals surface area contributed by atoms with Crippen molar-refractivity contribution in [1.29, 1.82) is 0 Å². The maximum atomic E-state index is 11.3. The lowest BCUT2D eigenvalue weighted by atomic mass is 10.1. The summed E-state index contributed by atoms with van der Waals surface area (Å²) in [6.45, 7) is 2.22. The van der Waals surface area contributed by atoms with Crippen molar-refractivity contribution in [3.05, 3.63) is 0 Å². The third-order valence-corrected chi connectivity index (χ3v) is 2.80. The van der Waals surface area contributed by atoms with Crippen LogP contribution in [0.2, 0.25) is 0 Å². The molecule has 0 aromatic heterocycles. The molecule has 0 saturated heterocycles. The van der Waals surface area contributed by atoms with Gasteiger partial charge in [-0.2, -0.15) is 0 Å². The summed E-state index contributed by atoms with van der Waals surface area (Å²) in [5.74, 6) is -1.07. The van der Waals surface area contributed by atoms with Gasteiger partial charge in [-0.25, -0.2) is 0 Å². The van der Waals surface area contributed by atoms with Crippen molar-refractivity contribution < 1.29 is 24.5 Å². The van der Waals surface area contributed by atoms with Crippen LogP contribution in [-0.4, -0.2) is 34.9 Å². The first kappa shape index (κ1) is 17.9. The second-order valence-electron chi connectivity index (χ2n) is 4.87. The van der Waals surface area contributed by atoms with Gasteiger partial charge in [0, 0.05) is 12.8 Å². The predicted molar refractivity (Wildman–Crippen MR) is 71.8 cm³/mol. The van der Waals surface area contributed by atoms with Crippen LogP contribution in [-0.2, 0) is 14.3 Å². The Bertz CT molecular complexity index is 250. The Morgan fingerprint density at radius 3 is 2.26 bits per heavy atom. The average molecular weight is 274 g/mol. The van der Waals surface area contributed by atoms with Gasteiger partial charge in [-0.15, -0.1) is 0 Å². The normalized spacial score (nSPS) is 12.1. The molecule has 0 radical (unpaired) electrons. The summed E-state index contributed by atoms with van der Waals surface area (Å²) >= 11 is 0. The molecule has 1 atom stereocenters. The monoisotopic (exact) mass is 274 g/mol. The van der Waals surface area contributed by atoms with E-state index in [-0.39, 0.29) is 18.5 Å². The van der Waals surface area contributed by atoms with Crippen molar-refractivity contribution in [2.24, 2.45) is 0 Å². The number of carbonyl (C=O) groups is 2. The van der Waals surface area contributed by atoms with Crippen molar-refractivity contribution >= 4 is 11.9 Å². The zero-order chi connectivity index (χ0) is 14.5. The number of carbonyl (C=O) groups excluding carboxylic acids is 1. The molecule has 5 nitrogen and oxygen atoms in total. The summed E-state index contributed by atoms with van der Waals surface area (Å²) in [5.41, 5.74) is 0. The molecule has 112 valence electrons. The van der Waals surface area contributed by atoms with Gasteiger partial charge < -0.3 is 14.9 Å². The van der Waals surface area contributed by atoms with E-state index in [0.717, 1.165) is 32.1 Å². The number of aliphatic carboxylic acids is 1. The second kappa shape index (κ2) is 12.0. The molecule has 0 fully saturated rings. The molecule has 0 aliphatic carbocycles. The first-order chi connectivity index (χ1) is 9.02. The summed E-state index contributed by atoms with van der Waals surface area (Å²) < 4.78 is 5.04. The first-order valence-electron chi connectivity index (χ1n) is 7.08. The molecule has 0 heterocycles. The minimum atomic E-state index is -0.828. The summed E-state index contributed by atoms with van der Waals surface area (Å²) in [7, 11) is 0. The third kappa shape index (κ3) is 14.8. The number of hydrogen-bond acceptors (Lipinski definition) is 4. The molecule has 0 aromatic rings. The van der Waals surface area contributed by atoms with E-state index in [1.807, 2.05) is 0 Å². The van der Waals surface area contributed by atoms with Gasteiger partial charge in [0.1, 0.15) is 0 Å². The van der Waals surface area contributed by atoms with Crippen molar-refractivity contribution in [3.63, 3.8) is 0 Å². The number of ether oxygens (including phenoxy) is 1. The minimum Gasteiger partial charge on any atom is -0.481 e. The van der Waals surface area contributed by atoms with E-state index in [1.54, 1.807) is 6.92 Å². The van der Waals surface area contributed by atoms with Gasteiger partial charge in [0.25, 0.3) is 0 Å². The summed E-state index contributed by atoms with van der Waals surface area (Å²) in [6.07, 6.45) is 5.98. The highest BCUT2D eigenvalue weighted by molar-refractivity contribution is 5.69. The SMILES string of the molecule is CC(O)CCCCCCOC(=O)CCCCC(=O)O. The molecule has 0 bridgehead atoms. The number of carboxylic acids is 1. The Morgan fingerprint density at radius 1 is 1.00 bits per heavy atom. The van der Waals surface area contributed by atoms with Gasteiger partial charge in [0.15, 0.2) is 0 Å². The third-order valence-electron chi connectivity index (χ3n) is 2.80. The van der Waals surface area contributed by atoms with Crippen LogP contribution >= 0.6 is 0 Å². The van der Waals surface area contributed by atoms with E-state index >= 15 is 0 Å². The number of rotatable bonds is 12. The molecular formula is C14H26O5. The average Bonchev–Trinajstić information content (AvgIpc) is 2.33. The Morgan fingerprint density at radius 2 is 1.63 bits per heavy atom. The van der Waals surface area contributed by atoms with E-state index in [2.05, 4.69) is 0 Å². The molecule has 5 heteroatoms. The number of unbranched alkanes of at least 4 members (excludes halogenated alkanes) is 4. The molecule has 0 spiro atoms. The van der Waals surface area contributed by atoms with E-state index in [9.17, 15) is 9.59 Å². The lowest BCUT2D eigenvalue weighted by Crippen LogP contribution is -2.06. The van der Waals surface area contributed by atoms with Crippen molar-refractivity contribution in [3.8, 4) is 0 Å². The molecule has 0 aliphatic rings. The van der Waals surface area contributed by atoms with Crippen LogP contribution in [0.3, 0.4) is 0 Å². The smallest absolute Gasteiger partial charge is 0.305 e. The second-order valence-corrected chi connectivity index (χ2v) is 4.87. The first-order valence-corrected chi connectivity index (χ1v) is 7.08. The van der Waals surface area contributed by atoms with Gasteiger partial charge in [0.05, 0.1) is 12.7 Å². The van der Waals surface area contributed by atoms with Crippen LogP contribution in [0.4, 0.5) is 0 Å². The van der Waals surface area contributed by atoms with Crippen LogP contribution < -0.4 is 0 Å².